The van der Waals surface area contributed by atoms with E-state index in [4.69, 9.17) is 0 Å². The minimum atomic E-state index is 0.0441. The molecule has 0 spiro atoms. The van der Waals surface area contributed by atoms with Gasteiger partial charge >= 0.3 is 0 Å². The molecule has 3 heterocycles. The summed E-state index contributed by atoms with van der Waals surface area (Å²) in [5, 5.41) is 3.91. The average Bonchev–Trinajstić information content (AvgIpc) is 3.26. The summed E-state index contributed by atoms with van der Waals surface area (Å²) in [6.45, 7) is 3.27. The molecule has 6 heteroatoms. The number of amides is 1. The molecule has 1 fully saturated rings. The van der Waals surface area contributed by atoms with Crippen LogP contribution in [0.4, 0.5) is 0 Å². The number of carbonyl (C=O) groups excluding carboxylic acids is 2. The molecule has 0 aliphatic carbocycles. The number of Topliss-reactive ketones (excluding diaryl/α,β-unsaturated/α-hetero) is 1. The van der Waals surface area contributed by atoms with Crippen molar-refractivity contribution in [3.05, 3.63) is 50.9 Å². The Morgan fingerprint density at radius 3 is 2.43 bits per heavy atom. The number of rotatable bonds is 5. The molecule has 2 aromatic heterocycles. The third-order valence-electron chi connectivity index (χ3n) is 3.78. The number of thiophene rings is 2. The van der Waals surface area contributed by atoms with Gasteiger partial charge < -0.3 is 4.90 Å². The van der Waals surface area contributed by atoms with Crippen LogP contribution in [0.1, 0.15) is 14.5 Å². The minimum Gasteiger partial charge on any atom is -0.337 e. The fourth-order valence-electron chi connectivity index (χ4n) is 2.49. The van der Waals surface area contributed by atoms with Crippen molar-refractivity contribution in [2.24, 2.45) is 0 Å². The Balaban J connectivity index is 1.46. The van der Waals surface area contributed by atoms with Gasteiger partial charge in [-0.3, -0.25) is 14.5 Å². The van der Waals surface area contributed by atoms with Crippen LogP contribution >= 0.6 is 22.7 Å². The smallest absolute Gasteiger partial charge is 0.246 e. The topological polar surface area (TPSA) is 40.6 Å². The molecular formula is C17H18N2O2S2. The zero-order valence-corrected chi connectivity index (χ0v) is 14.3. The lowest BCUT2D eigenvalue weighted by Gasteiger charge is -2.33. The summed E-state index contributed by atoms with van der Waals surface area (Å²) in [7, 11) is 0. The highest BCUT2D eigenvalue weighted by Gasteiger charge is 2.21. The van der Waals surface area contributed by atoms with Crippen LogP contribution in [0.3, 0.4) is 0 Å². The summed E-state index contributed by atoms with van der Waals surface area (Å²) in [4.78, 5) is 30.1. The molecule has 0 unspecified atom stereocenters. The van der Waals surface area contributed by atoms with Crippen LogP contribution in [0.15, 0.2) is 41.1 Å². The molecule has 0 bridgehead atoms. The van der Waals surface area contributed by atoms with Gasteiger partial charge in [-0.15, -0.1) is 22.7 Å². The Bertz CT molecular complexity index is 670. The zero-order chi connectivity index (χ0) is 16.1. The second-order valence-corrected chi connectivity index (χ2v) is 7.28. The van der Waals surface area contributed by atoms with Crippen molar-refractivity contribution in [1.82, 2.24) is 9.80 Å². The maximum Gasteiger partial charge on any atom is 0.246 e. The fraction of sp³-hybridized carbons (Fsp3) is 0.294. The van der Waals surface area contributed by atoms with Crippen LogP contribution in [0.25, 0.3) is 6.08 Å². The van der Waals surface area contributed by atoms with E-state index in [2.05, 4.69) is 4.90 Å². The molecule has 4 nitrogen and oxygen atoms in total. The summed E-state index contributed by atoms with van der Waals surface area (Å²) in [6, 6.07) is 7.72. The predicted octanol–water partition coefficient (Wildman–Crippen LogP) is 2.85. The van der Waals surface area contributed by atoms with E-state index in [0.29, 0.717) is 19.6 Å². The third kappa shape index (κ3) is 4.37. The maximum absolute atomic E-state index is 12.2. The largest absolute Gasteiger partial charge is 0.337 e. The first kappa shape index (κ1) is 16.1. The van der Waals surface area contributed by atoms with Gasteiger partial charge in [0.15, 0.2) is 5.78 Å². The van der Waals surface area contributed by atoms with Gasteiger partial charge in [-0.2, -0.15) is 0 Å². The van der Waals surface area contributed by atoms with Gasteiger partial charge in [-0.25, -0.2) is 0 Å². The van der Waals surface area contributed by atoms with Crippen LogP contribution in [0, 0.1) is 0 Å². The van der Waals surface area contributed by atoms with Crippen molar-refractivity contribution in [2.75, 3.05) is 32.7 Å². The lowest BCUT2D eigenvalue weighted by molar-refractivity contribution is -0.127. The molecule has 0 saturated carbocycles. The predicted molar refractivity (Wildman–Crippen MR) is 95.0 cm³/mol. The Morgan fingerprint density at radius 2 is 1.78 bits per heavy atom. The van der Waals surface area contributed by atoms with E-state index in [1.807, 2.05) is 46.0 Å². The number of ketones is 1. The quantitative estimate of drug-likeness (QED) is 0.617. The molecule has 0 N–H and O–H groups in total. The van der Waals surface area contributed by atoms with E-state index in [1.54, 1.807) is 17.4 Å². The maximum atomic E-state index is 12.2. The first-order valence-corrected chi connectivity index (χ1v) is 9.28. The highest BCUT2D eigenvalue weighted by atomic mass is 32.1. The number of carbonyl (C=O) groups is 2. The van der Waals surface area contributed by atoms with Crippen molar-refractivity contribution in [3.8, 4) is 0 Å². The summed E-state index contributed by atoms with van der Waals surface area (Å²) >= 11 is 3.10. The van der Waals surface area contributed by atoms with Crippen molar-refractivity contribution in [2.45, 2.75) is 0 Å². The van der Waals surface area contributed by atoms with Gasteiger partial charge in [0.05, 0.1) is 11.4 Å². The van der Waals surface area contributed by atoms with Gasteiger partial charge in [0, 0.05) is 37.1 Å². The zero-order valence-electron chi connectivity index (χ0n) is 12.7. The number of nitrogens with zero attached hydrogens (tertiary/aromatic N) is 2. The molecule has 2 aromatic rings. The van der Waals surface area contributed by atoms with Crippen LogP contribution in [0.5, 0.6) is 0 Å². The summed E-state index contributed by atoms with van der Waals surface area (Å²) in [5.41, 5.74) is 0. The Hall–Kier alpha value is -1.76. The lowest BCUT2D eigenvalue weighted by Crippen LogP contribution is -2.49. The number of hydrogen-bond donors (Lipinski definition) is 0. The normalized spacial score (nSPS) is 16.1. The van der Waals surface area contributed by atoms with Crippen molar-refractivity contribution in [3.63, 3.8) is 0 Å². The van der Waals surface area contributed by atoms with E-state index in [1.165, 1.54) is 11.3 Å². The van der Waals surface area contributed by atoms with Gasteiger partial charge in [0.25, 0.3) is 0 Å². The highest BCUT2D eigenvalue weighted by Crippen LogP contribution is 2.13. The van der Waals surface area contributed by atoms with Crippen LogP contribution in [-0.4, -0.2) is 54.2 Å². The molecule has 3 rings (SSSR count). The Labute approximate surface area is 143 Å². The molecule has 23 heavy (non-hydrogen) atoms. The van der Waals surface area contributed by atoms with Crippen LogP contribution in [-0.2, 0) is 4.79 Å². The summed E-state index contributed by atoms with van der Waals surface area (Å²) in [5.74, 6) is 0.208. The molecule has 0 radical (unpaired) electrons. The van der Waals surface area contributed by atoms with Gasteiger partial charge in [-0.1, -0.05) is 12.1 Å². The first-order chi connectivity index (χ1) is 11.2. The van der Waals surface area contributed by atoms with E-state index in [9.17, 15) is 9.59 Å². The van der Waals surface area contributed by atoms with Gasteiger partial charge in [0.2, 0.25) is 5.91 Å². The van der Waals surface area contributed by atoms with E-state index in [0.717, 1.165) is 22.8 Å². The lowest BCUT2D eigenvalue weighted by atomic mass is 10.2. The number of piperazine rings is 1. The Kier molecular flexibility index (Phi) is 5.38. The standard InChI is InChI=1S/C17H18N2O2S2/c20-15(16-4-2-12-23-16)13-18-7-9-19(10-8-18)17(21)6-5-14-3-1-11-22-14/h1-6,11-12H,7-10,13H2/b6-5+. The average molecular weight is 346 g/mol. The molecule has 0 atom stereocenters. The molecule has 1 aliphatic heterocycles. The SMILES string of the molecule is O=C(CN1CCN(C(=O)/C=C/c2cccs2)CC1)c1cccs1. The minimum absolute atomic E-state index is 0.0441. The number of hydrogen-bond acceptors (Lipinski definition) is 5. The summed E-state index contributed by atoms with van der Waals surface area (Å²) in [6.07, 6.45) is 3.50. The second-order valence-electron chi connectivity index (χ2n) is 5.35. The van der Waals surface area contributed by atoms with Crippen molar-refractivity contribution >= 4 is 40.4 Å². The van der Waals surface area contributed by atoms with Crippen LogP contribution in [0.2, 0.25) is 0 Å². The fourth-order valence-corrected chi connectivity index (χ4v) is 3.76. The van der Waals surface area contributed by atoms with Gasteiger partial charge in [0.1, 0.15) is 0 Å². The molecule has 0 aromatic carbocycles. The van der Waals surface area contributed by atoms with Gasteiger partial charge in [-0.05, 0) is 29.0 Å². The van der Waals surface area contributed by atoms with E-state index < -0.39 is 0 Å². The Morgan fingerprint density at radius 1 is 1.04 bits per heavy atom. The second kappa shape index (κ2) is 7.68. The monoisotopic (exact) mass is 346 g/mol. The molecule has 1 aliphatic rings. The third-order valence-corrected chi connectivity index (χ3v) is 5.53. The van der Waals surface area contributed by atoms with E-state index >= 15 is 0 Å². The van der Waals surface area contributed by atoms with Crippen LogP contribution < -0.4 is 0 Å². The summed E-state index contributed by atoms with van der Waals surface area (Å²) < 4.78 is 0. The highest BCUT2D eigenvalue weighted by molar-refractivity contribution is 7.12. The molecular weight excluding hydrogens is 328 g/mol. The van der Waals surface area contributed by atoms with E-state index in [-0.39, 0.29) is 11.7 Å². The molecule has 120 valence electrons. The molecule has 1 amide bonds. The van der Waals surface area contributed by atoms with Crippen molar-refractivity contribution in [1.29, 1.82) is 0 Å². The first-order valence-electron chi connectivity index (χ1n) is 7.52. The molecule has 1 saturated heterocycles. The van der Waals surface area contributed by atoms with Crippen molar-refractivity contribution < 1.29 is 9.59 Å².